The van der Waals surface area contributed by atoms with Gasteiger partial charge in [-0.15, -0.1) is 0 Å². The third kappa shape index (κ3) is 4.98. The first-order valence-corrected chi connectivity index (χ1v) is 8.58. The van der Waals surface area contributed by atoms with Gasteiger partial charge >= 0.3 is 6.18 Å². The van der Waals surface area contributed by atoms with Crippen molar-refractivity contribution in [2.24, 2.45) is 0 Å². The molecule has 0 saturated heterocycles. The van der Waals surface area contributed by atoms with Gasteiger partial charge in [0.25, 0.3) is 5.69 Å². The fourth-order valence-electron chi connectivity index (χ4n) is 2.50. The SMILES string of the molecule is CCc1ccc(Nc2ncc(C(F)(F)F)c(Nc3ccc([N+](=O)[O-])cc3)n2)cc1. The highest BCUT2D eigenvalue weighted by atomic mass is 19.4. The van der Waals surface area contributed by atoms with Crippen molar-refractivity contribution in [2.75, 3.05) is 10.6 Å². The molecule has 3 aromatic rings. The lowest BCUT2D eigenvalue weighted by Crippen LogP contribution is -2.12. The van der Waals surface area contributed by atoms with E-state index in [-0.39, 0.29) is 17.3 Å². The smallest absolute Gasteiger partial charge is 0.340 e. The largest absolute Gasteiger partial charge is 0.421 e. The molecule has 0 aliphatic heterocycles. The van der Waals surface area contributed by atoms with Gasteiger partial charge in [-0.25, -0.2) is 4.98 Å². The molecule has 0 aliphatic rings. The summed E-state index contributed by atoms with van der Waals surface area (Å²) in [5.41, 5.74) is 0.737. The van der Waals surface area contributed by atoms with Crippen LogP contribution in [-0.4, -0.2) is 14.9 Å². The normalized spacial score (nSPS) is 11.2. The molecule has 0 fully saturated rings. The zero-order chi connectivity index (χ0) is 21.0. The third-order valence-electron chi connectivity index (χ3n) is 4.05. The fraction of sp³-hybridized carbons (Fsp3) is 0.158. The number of aromatic nitrogens is 2. The minimum atomic E-state index is -4.68. The molecule has 0 amide bonds. The van der Waals surface area contributed by atoms with Crippen molar-refractivity contribution in [1.29, 1.82) is 0 Å². The molecule has 0 unspecified atom stereocenters. The van der Waals surface area contributed by atoms with Crippen LogP contribution in [0.25, 0.3) is 0 Å². The van der Waals surface area contributed by atoms with E-state index in [4.69, 9.17) is 0 Å². The molecule has 0 atom stereocenters. The molecule has 2 aromatic carbocycles. The topological polar surface area (TPSA) is 93.0 Å². The number of nitro groups is 1. The maximum absolute atomic E-state index is 13.3. The number of non-ortho nitro benzene ring substituents is 1. The van der Waals surface area contributed by atoms with Crippen LogP contribution in [0.1, 0.15) is 18.1 Å². The predicted molar refractivity (Wildman–Crippen MR) is 103 cm³/mol. The number of hydrogen-bond donors (Lipinski definition) is 2. The molecule has 150 valence electrons. The molecule has 0 aliphatic carbocycles. The van der Waals surface area contributed by atoms with E-state index in [1.165, 1.54) is 24.3 Å². The second-order valence-electron chi connectivity index (χ2n) is 6.06. The lowest BCUT2D eigenvalue weighted by molar-refractivity contribution is -0.384. The molecule has 1 aromatic heterocycles. The number of halogens is 3. The Kier molecular flexibility index (Phi) is 5.62. The monoisotopic (exact) mass is 403 g/mol. The van der Waals surface area contributed by atoms with E-state index < -0.39 is 22.5 Å². The number of rotatable bonds is 6. The van der Waals surface area contributed by atoms with E-state index in [1.54, 1.807) is 12.1 Å². The molecule has 1 heterocycles. The number of nitrogens with zero attached hydrogens (tertiary/aromatic N) is 3. The van der Waals surface area contributed by atoms with E-state index >= 15 is 0 Å². The number of anilines is 4. The van der Waals surface area contributed by atoms with E-state index in [0.717, 1.165) is 12.0 Å². The van der Waals surface area contributed by atoms with Crippen LogP contribution in [0, 0.1) is 10.1 Å². The molecule has 0 bridgehead atoms. The van der Waals surface area contributed by atoms with Crippen LogP contribution in [0.2, 0.25) is 0 Å². The predicted octanol–water partition coefficient (Wildman–Crippen LogP) is 5.45. The quantitative estimate of drug-likeness (QED) is 0.420. The van der Waals surface area contributed by atoms with E-state index in [9.17, 15) is 23.3 Å². The molecule has 2 N–H and O–H groups in total. The summed E-state index contributed by atoms with van der Waals surface area (Å²) in [5, 5.41) is 16.1. The molecule has 0 spiro atoms. The highest BCUT2D eigenvalue weighted by Gasteiger charge is 2.35. The highest BCUT2D eigenvalue weighted by Crippen LogP contribution is 2.35. The summed E-state index contributed by atoms with van der Waals surface area (Å²) in [4.78, 5) is 17.8. The van der Waals surface area contributed by atoms with Crippen LogP contribution in [0.15, 0.2) is 54.7 Å². The summed E-state index contributed by atoms with van der Waals surface area (Å²) in [6.45, 7) is 2.01. The van der Waals surface area contributed by atoms with Gasteiger partial charge in [-0.1, -0.05) is 19.1 Å². The molecule has 7 nitrogen and oxygen atoms in total. The summed E-state index contributed by atoms with van der Waals surface area (Å²) in [5.74, 6) is -0.485. The van der Waals surface area contributed by atoms with Gasteiger partial charge < -0.3 is 10.6 Å². The van der Waals surface area contributed by atoms with Crippen LogP contribution >= 0.6 is 0 Å². The minimum Gasteiger partial charge on any atom is -0.340 e. The van der Waals surface area contributed by atoms with Gasteiger partial charge in [0.05, 0.1) is 4.92 Å². The lowest BCUT2D eigenvalue weighted by Gasteiger charge is -2.15. The molecule has 0 radical (unpaired) electrons. The summed E-state index contributed by atoms with van der Waals surface area (Å²) in [6, 6.07) is 12.3. The fourth-order valence-corrected chi connectivity index (χ4v) is 2.50. The summed E-state index contributed by atoms with van der Waals surface area (Å²) >= 11 is 0. The molecular formula is C19H16F3N5O2. The Morgan fingerprint density at radius 3 is 2.14 bits per heavy atom. The Labute approximate surface area is 163 Å². The van der Waals surface area contributed by atoms with E-state index in [2.05, 4.69) is 20.6 Å². The van der Waals surface area contributed by atoms with Crippen molar-refractivity contribution in [1.82, 2.24) is 9.97 Å². The van der Waals surface area contributed by atoms with Gasteiger partial charge in [-0.05, 0) is 36.2 Å². The Bertz CT molecular complexity index is 1010. The van der Waals surface area contributed by atoms with Gasteiger partial charge in [-0.2, -0.15) is 18.2 Å². The maximum atomic E-state index is 13.3. The number of nitrogens with one attached hydrogen (secondary N) is 2. The number of benzene rings is 2. The average Bonchev–Trinajstić information content (AvgIpc) is 2.68. The summed E-state index contributed by atoms with van der Waals surface area (Å²) in [6.07, 6.45) is -3.13. The van der Waals surface area contributed by atoms with Gasteiger partial charge in [0, 0.05) is 29.7 Å². The van der Waals surface area contributed by atoms with Crippen molar-refractivity contribution >= 4 is 28.8 Å². The number of hydrogen-bond acceptors (Lipinski definition) is 6. The zero-order valence-corrected chi connectivity index (χ0v) is 15.2. The molecule has 0 saturated carbocycles. The van der Waals surface area contributed by atoms with Crippen LogP contribution in [0.3, 0.4) is 0 Å². The van der Waals surface area contributed by atoms with Gasteiger partial charge in [0.15, 0.2) is 0 Å². The van der Waals surface area contributed by atoms with Crippen molar-refractivity contribution < 1.29 is 18.1 Å². The van der Waals surface area contributed by atoms with E-state index in [0.29, 0.717) is 11.9 Å². The highest BCUT2D eigenvalue weighted by molar-refractivity contribution is 5.63. The minimum absolute atomic E-state index is 0.0216. The summed E-state index contributed by atoms with van der Waals surface area (Å²) in [7, 11) is 0. The zero-order valence-electron chi connectivity index (χ0n) is 15.2. The van der Waals surface area contributed by atoms with Crippen LogP contribution < -0.4 is 10.6 Å². The van der Waals surface area contributed by atoms with E-state index in [1.807, 2.05) is 19.1 Å². The standard InChI is InChI=1S/C19H16F3N5O2/c1-2-12-3-5-14(6-4-12)25-18-23-11-16(19(20,21)22)17(26-18)24-13-7-9-15(10-8-13)27(28)29/h3-11H,2H2,1H3,(H2,23,24,25,26). The van der Waals surface area contributed by atoms with Gasteiger partial charge in [-0.3, -0.25) is 10.1 Å². The van der Waals surface area contributed by atoms with Crippen molar-refractivity contribution in [2.45, 2.75) is 19.5 Å². The molecular weight excluding hydrogens is 387 g/mol. The second kappa shape index (κ2) is 8.13. The first kappa shape index (κ1) is 20.1. The lowest BCUT2D eigenvalue weighted by atomic mass is 10.1. The molecule has 10 heteroatoms. The molecule has 3 rings (SSSR count). The Hall–Kier alpha value is -3.69. The van der Waals surface area contributed by atoms with Gasteiger partial charge in [0.2, 0.25) is 5.95 Å². The van der Waals surface area contributed by atoms with Gasteiger partial charge in [0.1, 0.15) is 11.4 Å². The van der Waals surface area contributed by atoms with Crippen molar-refractivity contribution in [3.63, 3.8) is 0 Å². The summed E-state index contributed by atoms with van der Waals surface area (Å²) < 4.78 is 40.0. The Balaban J connectivity index is 1.89. The number of alkyl halides is 3. The van der Waals surface area contributed by atoms with Crippen LogP contribution in [-0.2, 0) is 12.6 Å². The Morgan fingerprint density at radius 1 is 1.00 bits per heavy atom. The first-order valence-electron chi connectivity index (χ1n) is 8.58. The molecule has 29 heavy (non-hydrogen) atoms. The van der Waals surface area contributed by atoms with Crippen LogP contribution in [0.4, 0.5) is 42.0 Å². The van der Waals surface area contributed by atoms with Crippen LogP contribution in [0.5, 0.6) is 0 Å². The maximum Gasteiger partial charge on any atom is 0.421 e. The third-order valence-corrected chi connectivity index (χ3v) is 4.05. The Morgan fingerprint density at radius 2 is 1.59 bits per heavy atom. The second-order valence-corrected chi connectivity index (χ2v) is 6.06. The van der Waals surface area contributed by atoms with Crippen molar-refractivity contribution in [3.05, 3.63) is 76.0 Å². The number of aryl methyl sites for hydroxylation is 1. The average molecular weight is 403 g/mol. The number of nitro benzene ring substituents is 1. The first-order chi connectivity index (χ1) is 13.8. The van der Waals surface area contributed by atoms with Crippen molar-refractivity contribution in [3.8, 4) is 0 Å².